The second-order valence-electron chi connectivity index (χ2n) is 8.93. The number of piperazine rings is 1. The number of fused-ring (bicyclic) bond motifs is 1. The molecular weight excluding hydrogens is 410 g/mol. The minimum absolute atomic E-state index is 0.0563. The third-order valence-corrected chi connectivity index (χ3v) is 6.50. The number of benzene rings is 2. The maximum atomic E-state index is 13.7. The molecule has 1 saturated heterocycles. The van der Waals surface area contributed by atoms with E-state index in [1.165, 1.54) is 11.1 Å². The summed E-state index contributed by atoms with van der Waals surface area (Å²) in [5, 5.41) is 5.20. The Labute approximate surface area is 194 Å². The number of aromatic nitrogens is 3. The fraction of sp³-hybridized carbons (Fsp3) is 0.296. The van der Waals surface area contributed by atoms with Crippen LogP contribution in [0.3, 0.4) is 0 Å². The van der Waals surface area contributed by atoms with Gasteiger partial charge in [-0.15, -0.1) is 0 Å². The summed E-state index contributed by atoms with van der Waals surface area (Å²) in [7, 11) is 1.87. The van der Waals surface area contributed by atoms with Crippen LogP contribution in [-0.4, -0.2) is 56.7 Å². The first-order valence-electron chi connectivity index (χ1n) is 11.5. The second kappa shape index (κ2) is 8.79. The molecule has 3 heterocycles. The highest BCUT2D eigenvalue weighted by molar-refractivity contribution is 6.06. The van der Waals surface area contributed by atoms with Crippen LogP contribution in [0.1, 0.15) is 27.0 Å². The van der Waals surface area contributed by atoms with Crippen LogP contribution in [-0.2, 0) is 13.6 Å². The lowest BCUT2D eigenvalue weighted by atomic mass is 10.00. The van der Waals surface area contributed by atoms with Gasteiger partial charge in [0.15, 0.2) is 5.65 Å². The average Bonchev–Trinajstić information content (AvgIpc) is 3.20. The van der Waals surface area contributed by atoms with Gasteiger partial charge in [0.05, 0.1) is 22.8 Å². The summed E-state index contributed by atoms with van der Waals surface area (Å²) < 4.78 is 1.75. The monoisotopic (exact) mass is 439 g/mol. The number of nitrogens with zero attached hydrogens (tertiary/aromatic N) is 5. The number of amides is 1. The van der Waals surface area contributed by atoms with E-state index in [2.05, 4.69) is 66.3 Å². The zero-order valence-electron chi connectivity index (χ0n) is 19.5. The first-order valence-corrected chi connectivity index (χ1v) is 11.5. The molecule has 33 heavy (non-hydrogen) atoms. The standard InChI is InChI=1S/C27H29N5O/c1-19-9-10-22(20(2)15-19)25-16-23(24-17-28-30(3)26(24)29-25)27(33)32-13-11-31(12-14-32)18-21-7-5-4-6-8-21/h4-10,15-17H,11-14,18H2,1-3H3. The van der Waals surface area contributed by atoms with Crippen LogP contribution in [0.5, 0.6) is 0 Å². The van der Waals surface area contributed by atoms with Crippen LogP contribution in [0.4, 0.5) is 0 Å². The van der Waals surface area contributed by atoms with E-state index < -0.39 is 0 Å². The molecule has 1 aliphatic heterocycles. The maximum absolute atomic E-state index is 13.7. The van der Waals surface area contributed by atoms with E-state index in [9.17, 15) is 4.79 Å². The van der Waals surface area contributed by atoms with Crippen molar-refractivity contribution in [1.82, 2.24) is 24.6 Å². The molecule has 1 aliphatic rings. The molecule has 1 amide bonds. The molecule has 4 aromatic rings. The largest absolute Gasteiger partial charge is 0.336 e. The molecule has 0 aliphatic carbocycles. The van der Waals surface area contributed by atoms with Crippen molar-refractivity contribution in [2.24, 2.45) is 7.05 Å². The molecule has 6 heteroatoms. The van der Waals surface area contributed by atoms with Crippen molar-refractivity contribution in [3.63, 3.8) is 0 Å². The van der Waals surface area contributed by atoms with E-state index >= 15 is 0 Å². The lowest BCUT2D eigenvalue weighted by Gasteiger charge is -2.35. The van der Waals surface area contributed by atoms with E-state index in [0.717, 1.165) is 47.5 Å². The third-order valence-electron chi connectivity index (χ3n) is 6.50. The minimum atomic E-state index is 0.0563. The van der Waals surface area contributed by atoms with Gasteiger partial charge in [0.2, 0.25) is 0 Å². The quantitative estimate of drug-likeness (QED) is 0.478. The summed E-state index contributed by atoms with van der Waals surface area (Å²) in [4.78, 5) is 22.9. The van der Waals surface area contributed by atoms with E-state index in [-0.39, 0.29) is 5.91 Å². The molecule has 5 rings (SSSR count). The van der Waals surface area contributed by atoms with Gasteiger partial charge in [0, 0.05) is 45.3 Å². The number of pyridine rings is 1. The Hall–Kier alpha value is -3.51. The van der Waals surface area contributed by atoms with Gasteiger partial charge in [-0.25, -0.2) is 4.98 Å². The van der Waals surface area contributed by atoms with Crippen molar-refractivity contribution in [3.8, 4) is 11.3 Å². The van der Waals surface area contributed by atoms with Gasteiger partial charge in [0.1, 0.15) is 0 Å². The highest BCUT2D eigenvalue weighted by Crippen LogP contribution is 2.28. The summed E-state index contributed by atoms with van der Waals surface area (Å²) in [6.45, 7) is 8.26. The Bertz CT molecular complexity index is 1300. The van der Waals surface area contributed by atoms with E-state index in [0.29, 0.717) is 18.7 Å². The smallest absolute Gasteiger partial charge is 0.254 e. The number of carbonyl (C=O) groups is 1. The summed E-state index contributed by atoms with van der Waals surface area (Å²) in [5.41, 5.74) is 6.94. The summed E-state index contributed by atoms with van der Waals surface area (Å²) in [6.07, 6.45) is 1.76. The van der Waals surface area contributed by atoms with Crippen molar-refractivity contribution >= 4 is 16.9 Å². The molecule has 6 nitrogen and oxygen atoms in total. The molecule has 2 aromatic heterocycles. The summed E-state index contributed by atoms with van der Waals surface area (Å²) in [5.74, 6) is 0.0563. The molecule has 0 spiro atoms. The highest BCUT2D eigenvalue weighted by Gasteiger charge is 2.25. The molecule has 0 unspecified atom stereocenters. The topological polar surface area (TPSA) is 54.3 Å². The molecule has 1 fully saturated rings. The van der Waals surface area contributed by atoms with Crippen molar-refractivity contribution in [3.05, 3.63) is 83.0 Å². The number of rotatable bonds is 4. The van der Waals surface area contributed by atoms with Crippen molar-refractivity contribution in [2.75, 3.05) is 26.2 Å². The lowest BCUT2D eigenvalue weighted by Crippen LogP contribution is -2.48. The Kier molecular flexibility index (Phi) is 5.68. The molecule has 0 N–H and O–H groups in total. The van der Waals surface area contributed by atoms with Crippen LogP contribution < -0.4 is 0 Å². The second-order valence-corrected chi connectivity index (χ2v) is 8.93. The van der Waals surface area contributed by atoms with Crippen molar-refractivity contribution < 1.29 is 4.79 Å². The molecule has 0 bridgehead atoms. The fourth-order valence-electron chi connectivity index (χ4n) is 4.65. The minimum Gasteiger partial charge on any atom is -0.336 e. The Morgan fingerprint density at radius 1 is 0.970 bits per heavy atom. The van der Waals surface area contributed by atoms with Crippen LogP contribution in [0.25, 0.3) is 22.3 Å². The highest BCUT2D eigenvalue weighted by atomic mass is 16.2. The van der Waals surface area contributed by atoms with Gasteiger partial charge in [-0.2, -0.15) is 5.10 Å². The predicted molar refractivity (Wildman–Crippen MR) is 131 cm³/mol. The first-order chi connectivity index (χ1) is 16.0. The van der Waals surface area contributed by atoms with Crippen molar-refractivity contribution in [2.45, 2.75) is 20.4 Å². The number of hydrogen-bond donors (Lipinski definition) is 0. The third kappa shape index (κ3) is 4.26. The van der Waals surface area contributed by atoms with E-state index in [1.54, 1.807) is 10.9 Å². The Morgan fingerprint density at radius 3 is 2.45 bits per heavy atom. The number of hydrogen-bond acceptors (Lipinski definition) is 4. The maximum Gasteiger partial charge on any atom is 0.254 e. The van der Waals surface area contributed by atoms with Gasteiger partial charge < -0.3 is 4.90 Å². The van der Waals surface area contributed by atoms with Crippen LogP contribution in [0.2, 0.25) is 0 Å². The molecule has 168 valence electrons. The van der Waals surface area contributed by atoms with Crippen LogP contribution in [0, 0.1) is 13.8 Å². The van der Waals surface area contributed by atoms with Crippen LogP contribution in [0.15, 0.2) is 60.8 Å². The van der Waals surface area contributed by atoms with Crippen LogP contribution >= 0.6 is 0 Å². The van der Waals surface area contributed by atoms with Gasteiger partial charge >= 0.3 is 0 Å². The predicted octanol–water partition coefficient (Wildman–Crippen LogP) is 4.21. The lowest BCUT2D eigenvalue weighted by molar-refractivity contribution is 0.0630. The van der Waals surface area contributed by atoms with Gasteiger partial charge in [0.25, 0.3) is 5.91 Å². The Morgan fingerprint density at radius 2 is 1.73 bits per heavy atom. The average molecular weight is 440 g/mol. The van der Waals surface area contributed by atoms with E-state index in [1.807, 2.05) is 24.1 Å². The van der Waals surface area contributed by atoms with Gasteiger partial charge in [-0.3, -0.25) is 14.4 Å². The zero-order chi connectivity index (χ0) is 22.9. The van der Waals surface area contributed by atoms with E-state index in [4.69, 9.17) is 4.98 Å². The SMILES string of the molecule is Cc1ccc(-c2cc(C(=O)N3CCN(Cc4ccccc4)CC3)c3cnn(C)c3n2)c(C)c1. The Balaban J connectivity index is 1.41. The first kappa shape index (κ1) is 21.3. The van der Waals surface area contributed by atoms with Gasteiger partial charge in [-0.1, -0.05) is 54.1 Å². The summed E-state index contributed by atoms with van der Waals surface area (Å²) in [6, 6.07) is 18.8. The number of carbonyl (C=O) groups excluding carboxylic acids is 1. The number of aryl methyl sites for hydroxylation is 3. The molecule has 0 radical (unpaired) electrons. The zero-order valence-corrected chi connectivity index (χ0v) is 19.5. The van der Waals surface area contributed by atoms with Gasteiger partial charge in [-0.05, 0) is 31.0 Å². The molecular formula is C27H29N5O. The summed E-state index contributed by atoms with van der Waals surface area (Å²) >= 11 is 0. The molecule has 0 saturated carbocycles. The molecule has 2 aromatic carbocycles. The normalized spacial score (nSPS) is 14.7. The van der Waals surface area contributed by atoms with Crippen molar-refractivity contribution in [1.29, 1.82) is 0 Å². The molecule has 0 atom stereocenters. The fourth-order valence-corrected chi connectivity index (χ4v) is 4.65.